The first-order valence-corrected chi connectivity index (χ1v) is 6.78. The molecule has 2 atom stereocenters. The first-order chi connectivity index (χ1) is 8.52. The van der Waals surface area contributed by atoms with Gasteiger partial charge in [0, 0.05) is 23.2 Å². The summed E-state index contributed by atoms with van der Waals surface area (Å²) in [5.74, 6) is 0.411. The fourth-order valence-corrected chi connectivity index (χ4v) is 2.56. The number of hydrogen-bond acceptors (Lipinski definition) is 2. The molecular weight excluding hydrogens is 248 g/mol. The van der Waals surface area contributed by atoms with Crippen LogP contribution >= 0.6 is 11.6 Å². The van der Waals surface area contributed by atoms with E-state index in [1.54, 1.807) is 0 Å². The number of amides is 1. The molecule has 98 valence electrons. The van der Waals surface area contributed by atoms with Crippen LogP contribution in [0.15, 0.2) is 12.1 Å². The Bertz CT molecular complexity index is 473. The van der Waals surface area contributed by atoms with Crippen LogP contribution < -0.4 is 11.1 Å². The van der Waals surface area contributed by atoms with Crippen molar-refractivity contribution in [2.45, 2.75) is 39.2 Å². The summed E-state index contributed by atoms with van der Waals surface area (Å²) in [6.45, 7) is 4.22. The molecule has 4 heteroatoms. The summed E-state index contributed by atoms with van der Waals surface area (Å²) in [5.41, 5.74) is 9.21. The van der Waals surface area contributed by atoms with Gasteiger partial charge in [-0.2, -0.15) is 0 Å². The highest BCUT2D eigenvalue weighted by Crippen LogP contribution is 2.36. The molecule has 0 radical (unpaired) electrons. The van der Waals surface area contributed by atoms with Crippen LogP contribution in [0.4, 0.5) is 5.69 Å². The van der Waals surface area contributed by atoms with E-state index in [9.17, 15) is 4.79 Å². The predicted molar refractivity (Wildman–Crippen MR) is 74.8 cm³/mol. The van der Waals surface area contributed by atoms with Crippen molar-refractivity contribution in [1.82, 2.24) is 0 Å². The Morgan fingerprint density at radius 2 is 2.17 bits per heavy atom. The first kappa shape index (κ1) is 13.4. The molecule has 1 aromatic rings. The number of rotatable bonds is 3. The number of nitrogens with two attached hydrogens (primary N) is 1. The highest BCUT2D eigenvalue weighted by atomic mass is 35.5. The van der Waals surface area contributed by atoms with Gasteiger partial charge in [0.1, 0.15) is 0 Å². The van der Waals surface area contributed by atoms with E-state index in [2.05, 4.69) is 19.2 Å². The summed E-state index contributed by atoms with van der Waals surface area (Å²) < 4.78 is 0. The molecule has 0 aliphatic carbocycles. The monoisotopic (exact) mass is 266 g/mol. The quantitative estimate of drug-likeness (QED) is 0.882. The van der Waals surface area contributed by atoms with Gasteiger partial charge in [0.2, 0.25) is 5.91 Å². The number of nitrogens with one attached hydrogen (secondary N) is 1. The van der Waals surface area contributed by atoms with Crippen LogP contribution in [0.2, 0.25) is 5.02 Å². The summed E-state index contributed by atoms with van der Waals surface area (Å²) in [4.78, 5) is 11.5. The van der Waals surface area contributed by atoms with Crippen molar-refractivity contribution in [3.63, 3.8) is 0 Å². The van der Waals surface area contributed by atoms with Gasteiger partial charge < -0.3 is 11.1 Å². The molecule has 1 amide bonds. The topological polar surface area (TPSA) is 55.1 Å². The van der Waals surface area contributed by atoms with Gasteiger partial charge in [-0.15, -0.1) is 0 Å². The van der Waals surface area contributed by atoms with Crippen LogP contribution in [-0.4, -0.2) is 5.91 Å². The molecule has 0 spiro atoms. The average molecular weight is 267 g/mol. The first-order valence-electron chi connectivity index (χ1n) is 6.40. The van der Waals surface area contributed by atoms with Crippen molar-refractivity contribution in [3.8, 4) is 0 Å². The van der Waals surface area contributed by atoms with Crippen LogP contribution in [0, 0.1) is 5.92 Å². The smallest absolute Gasteiger partial charge is 0.224 e. The Hall–Kier alpha value is -1.06. The number of benzene rings is 1. The minimum Gasteiger partial charge on any atom is -0.326 e. The van der Waals surface area contributed by atoms with Gasteiger partial charge >= 0.3 is 0 Å². The summed E-state index contributed by atoms with van der Waals surface area (Å²) >= 11 is 6.14. The average Bonchev–Trinajstić information content (AvgIpc) is 2.36. The third-order valence-corrected chi connectivity index (χ3v) is 3.94. The third kappa shape index (κ3) is 2.52. The minimum atomic E-state index is -0.0964. The van der Waals surface area contributed by atoms with Crippen molar-refractivity contribution in [1.29, 1.82) is 0 Å². The van der Waals surface area contributed by atoms with Crippen molar-refractivity contribution < 1.29 is 4.79 Å². The summed E-state index contributed by atoms with van der Waals surface area (Å²) in [5, 5.41) is 3.63. The zero-order valence-corrected chi connectivity index (χ0v) is 11.6. The lowest BCUT2D eigenvalue weighted by atomic mass is 9.89. The van der Waals surface area contributed by atoms with Crippen molar-refractivity contribution >= 4 is 23.2 Å². The molecule has 0 saturated carbocycles. The maximum absolute atomic E-state index is 11.5. The van der Waals surface area contributed by atoms with E-state index >= 15 is 0 Å². The maximum Gasteiger partial charge on any atom is 0.224 e. The van der Waals surface area contributed by atoms with Gasteiger partial charge in [0.15, 0.2) is 0 Å². The highest BCUT2D eigenvalue weighted by molar-refractivity contribution is 6.31. The Labute approximate surface area is 113 Å². The second-order valence-corrected chi connectivity index (χ2v) is 5.43. The second kappa shape index (κ2) is 5.29. The molecule has 2 unspecified atom stereocenters. The van der Waals surface area contributed by atoms with E-state index in [1.165, 1.54) is 0 Å². The van der Waals surface area contributed by atoms with Gasteiger partial charge in [-0.05, 0) is 35.6 Å². The number of hydrogen-bond donors (Lipinski definition) is 2. The number of aryl methyl sites for hydroxylation is 1. The molecular formula is C14H19ClN2O. The number of fused-ring (bicyclic) bond motifs is 1. The Morgan fingerprint density at radius 1 is 1.44 bits per heavy atom. The van der Waals surface area contributed by atoms with E-state index in [-0.39, 0.29) is 11.9 Å². The number of halogens is 1. The number of carbonyl (C=O) groups excluding carboxylic acids is 1. The van der Waals surface area contributed by atoms with Crippen LogP contribution in [0.3, 0.4) is 0 Å². The molecule has 3 N–H and O–H groups in total. The lowest BCUT2D eigenvalue weighted by molar-refractivity contribution is -0.116. The van der Waals surface area contributed by atoms with Gasteiger partial charge in [-0.25, -0.2) is 0 Å². The molecule has 0 bridgehead atoms. The van der Waals surface area contributed by atoms with Crippen molar-refractivity contribution in [3.05, 3.63) is 28.3 Å². The van der Waals surface area contributed by atoms with Gasteiger partial charge in [0.25, 0.3) is 0 Å². The van der Waals surface area contributed by atoms with Gasteiger partial charge in [-0.3, -0.25) is 4.79 Å². The van der Waals surface area contributed by atoms with E-state index in [1.807, 2.05) is 12.1 Å². The number of anilines is 1. The summed E-state index contributed by atoms with van der Waals surface area (Å²) in [6, 6.07) is 3.70. The van der Waals surface area contributed by atoms with E-state index in [4.69, 9.17) is 17.3 Å². The van der Waals surface area contributed by atoms with Gasteiger partial charge in [-0.1, -0.05) is 31.9 Å². The van der Waals surface area contributed by atoms with Crippen LogP contribution in [-0.2, 0) is 11.2 Å². The highest BCUT2D eigenvalue weighted by Gasteiger charge is 2.23. The molecule has 1 heterocycles. The molecule has 2 rings (SSSR count). The Balaban J connectivity index is 2.46. The van der Waals surface area contributed by atoms with E-state index in [0.29, 0.717) is 17.4 Å². The predicted octanol–water partition coefficient (Wildman–Crippen LogP) is 3.27. The molecule has 0 aromatic heterocycles. The maximum atomic E-state index is 11.5. The lowest BCUT2D eigenvalue weighted by Gasteiger charge is -2.26. The van der Waals surface area contributed by atoms with Crippen molar-refractivity contribution in [2.24, 2.45) is 11.7 Å². The molecule has 0 saturated heterocycles. The fourth-order valence-electron chi connectivity index (χ4n) is 2.31. The van der Waals surface area contributed by atoms with E-state index in [0.717, 1.165) is 29.7 Å². The molecule has 3 nitrogen and oxygen atoms in total. The number of carbonyl (C=O) groups is 1. The normalized spacial score (nSPS) is 17.9. The summed E-state index contributed by atoms with van der Waals surface area (Å²) in [7, 11) is 0. The molecule has 18 heavy (non-hydrogen) atoms. The molecule has 1 aromatic carbocycles. The lowest BCUT2D eigenvalue weighted by Crippen LogP contribution is -2.25. The summed E-state index contributed by atoms with van der Waals surface area (Å²) in [6.07, 6.45) is 2.25. The SMILES string of the molecule is CCC(C)C(N)c1cc(Cl)cc2c1NC(=O)CC2. The molecule has 0 fully saturated rings. The van der Waals surface area contributed by atoms with Crippen LogP contribution in [0.1, 0.15) is 43.9 Å². The Kier molecular flexibility index (Phi) is 3.93. The van der Waals surface area contributed by atoms with Crippen molar-refractivity contribution in [2.75, 3.05) is 5.32 Å². The molecule has 1 aliphatic heterocycles. The fraction of sp³-hybridized carbons (Fsp3) is 0.500. The standard InChI is InChI=1S/C14H19ClN2O/c1-3-8(2)13(16)11-7-10(15)6-9-4-5-12(18)17-14(9)11/h6-8,13H,3-5,16H2,1-2H3,(H,17,18). The van der Waals surface area contributed by atoms with E-state index < -0.39 is 0 Å². The Morgan fingerprint density at radius 3 is 2.83 bits per heavy atom. The van der Waals surface area contributed by atoms with Crippen LogP contribution in [0.5, 0.6) is 0 Å². The van der Waals surface area contributed by atoms with Crippen LogP contribution in [0.25, 0.3) is 0 Å². The third-order valence-electron chi connectivity index (χ3n) is 3.72. The van der Waals surface area contributed by atoms with Gasteiger partial charge in [0.05, 0.1) is 0 Å². The minimum absolute atomic E-state index is 0.0578. The zero-order valence-electron chi connectivity index (χ0n) is 10.8. The molecule has 1 aliphatic rings. The second-order valence-electron chi connectivity index (χ2n) is 4.99. The largest absolute Gasteiger partial charge is 0.326 e. The zero-order chi connectivity index (χ0) is 13.3.